The van der Waals surface area contributed by atoms with Gasteiger partial charge >= 0.3 is 17.9 Å². The van der Waals surface area contributed by atoms with Crippen LogP contribution in [-0.4, -0.2) is 77.9 Å². The second kappa shape index (κ2) is 6.74. The molecule has 2 saturated carbocycles. The molecular formula is C19H23NO10. The van der Waals surface area contributed by atoms with Gasteiger partial charge in [0.05, 0.1) is 6.10 Å². The molecule has 2 aliphatic carbocycles. The third kappa shape index (κ3) is 2.83. The van der Waals surface area contributed by atoms with E-state index in [2.05, 4.69) is 5.32 Å². The summed E-state index contributed by atoms with van der Waals surface area (Å²) in [6.07, 6.45) is -4.84. The monoisotopic (exact) mass is 425 g/mol. The van der Waals surface area contributed by atoms with Crippen molar-refractivity contribution in [3.8, 4) is 0 Å². The Morgan fingerprint density at radius 1 is 1.03 bits per heavy atom. The van der Waals surface area contributed by atoms with Crippen molar-refractivity contribution in [1.82, 2.24) is 5.32 Å². The first kappa shape index (κ1) is 20.7. The Morgan fingerprint density at radius 2 is 1.70 bits per heavy atom. The molecule has 0 radical (unpaired) electrons. The Hall–Kier alpha value is -2.53. The van der Waals surface area contributed by atoms with Gasteiger partial charge in [-0.05, 0) is 6.42 Å². The number of ether oxygens (including phenoxy) is 5. The zero-order valence-electron chi connectivity index (χ0n) is 17.0. The fourth-order valence-corrected chi connectivity index (χ4v) is 5.33. The van der Waals surface area contributed by atoms with Gasteiger partial charge in [0.15, 0.2) is 17.8 Å². The summed E-state index contributed by atoms with van der Waals surface area (Å²) in [5.74, 6) is -3.56. The second-order valence-corrected chi connectivity index (χ2v) is 8.20. The maximum Gasteiger partial charge on any atom is 0.303 e. The van der Waals surface area contributed by atoms with Crippen LogP contribution in [0.4, 0.5) is 0 Å². The number of Topliss-reactive ketones (excluding diaryl/α,β-unsaturated/α-hetero) is 1. The third-order valence-corrected chi connectivity index (χ3v) is 6.24. The Labute approximate surface area is 171 Å². The van der Waals surface area contributed by atoms with Crippen LogP contribution in [0.3, 0.4) is 0 Å². The molecule has 11 heteroatoms. The fraction of sp³-hybridized carbons (Fsp3) is 0.737. The number of carbonyl (C=O) groups is 5. The van der Waals surface area contributed by atoms with E-state index in [1.165, 1.54) is 20.8 Å². The summed E-state index contributed by atoms with van der Waals surface area (Å²) < 4.78 is 28.0. The van der Waals surface area contributed by atoms with Crippen LogP contribution in [-0.2, 0) is 47.7 Å². The summed E-state index contributed by atoms with van der Waals surface area (Å²) in [5, 5.41) is 2.75. The molecule has 11 nitrogen and oxygen atoms in total. The maximum absolute atomic E-state index is 13.2. The minimum absolute atomic E-state index is 0.165. The van der Waals surface area contributed by atoms with Gasteiger partial charge in [-0.1, -0.05) is 0 Å². The average molecular weight is 425 g/mol. The van der Waals surface area contributed by atoms with Gasteiger partial charge in [-0.25, -0.2) is 0 Å². The molecule has 164 valence electrons. The topological polar surface area (TPSA) is 147 Å². The largest absolute Gasteiger partial charge is 0.463 e. The Morgan fingerprint density at radius 3 is 2.27 bits per heavy atom. The zero-order valence-corrected chi connectivity index (χ0v) is 17.0. The molecule has 1 N–H and O–H groups in total. The summed E-state index contributed by atoms with van der Waals surface area (Å²) in [7, 11) is 0. The fourth-order valence-electron chi connectivity index (χ4n) is 5.33. The third-order valence-electron chi connectivity index (χ3n) is 6.24. The van der Waals surface area contributed by atoms with Crippen molar-refractivity contribution >= 4 is 29.6 Å². The SMILES string of the molecule is CC(=O)N[C@]12[C@H](OC(C)=O)C(=O)[C@@H]3C[C@H]1[C@@H](O3)[C@]1(COC(C)=O)O[C@@H]1[C@H]2OC(C)=O. The number of amides is 1. The normalized spacial score (nSPS) is 42.6. The summed E-state index contributed by atoms with van der Waals surface area (Å²) >= 11 is 0. The number of esters is 3. The molecule has 8 atom stereocenters. The minimum atomic E-state index is -1.57. The lowest BCUT2D eigenvalue weighted by Crippen LogP contribution is -2.78. The minimum Gasteiger partial charge on any atom is -0.463 e. The van der Waals surface area contributed by atoms with E-state index in [0.717, 1.165) is 6.92 Å². The zero-order chi connectivity index (χ0) is 22.0. The number of fused-ring (bicyclic) bond motifs is 3. The number of rotatable bonds is 5. The smallest absolute Gasteiger partial charge is 0.303 e. The summed E-state index contributed by atoms with van der Waals surface area (Å²) in [4.78, 5) is 60.5. The summed E-state index contributed by atoms with van der Waals surface area (Å²) in [5.41, 5.74) is -2.70. The van der Waals surface area contributed by atoms with Crippen molar-refractivity contribution in [2.75, 3.05) is 6.61 Å². The maximum atomic E-state index is 13.2. The average Bonchev–Trinajstić information content (AvgIpc) is 3.20. The summed E-state index contributed by atoms with van der Waals surface area (Å²) in [6.45, 7) is 4.66. The first-order valence-electron chi connectivity index (χ1n) is 9.66. The molecule has 2 heterocycles. The van der Waals surface area contributed by atoms with Crippen molar-refractivity contribution in [3.05, 3.63) is 0 Å². The number of carbonyl (C=O) groups excluding carboxylic acids is 5. The highest BCUT2D eigenvalue weighted by atomic mass is 16.7. The molecular weight excluding hydrogens is 402 g/mol. The highest BCUT2D eigenvalue weighted by Gasteiger charge is 2.84. The Balaban J connectivity index is 1.84. The Kier molecular flexibility index (Phi) is 4.66. The quantitative estimate of drug-likeness (QED) is 0.323. The molecule has 4 aliphatic rings. The molecule has 30 heavy (non-hydrogen) atoms. The van der Waals surface area contributed by atoms with Crippen LogP contribution in [0, 0.1) is 5.92 Å². The van der Waals surface area contributed by atoms with Gasteiger partial charge in [0.2, 0.25) is 11.7 Å². The van der Waals surface area contributed by atoms with Gasteiger partial charge in [-0.15, -0.1) is 0 Å². The highest BCUT2D eigenvalue weighted by molar-refractivity contribution is 5.94. The molecule has 4 rings (SSSR count). The van der Waals surface area contributed by atoms with E-state index in [1.54, 1.807) is 0 Å². The van der Waals surface area contributed by atoms with E-state index in [0.29, 0.717) is 0 Å². The van der Waals surface area contributed by atoms with Crippen LogP contribution in [0.25, 0.3) is 0 Å². The molecule has 4 fully saturated rings. The van der Waals surface area contributed by atoms with Crippen LogP contribution in [0.2, 0.25) is 0 Å². The molecule has 0 spiro atoms. The van der Waals surface area contributed by atoms with Crippen molar-refractivity contribution in [2.45, 2.75) is 75.8 Å². The number of hydrogen-bond donors (Lipinski definition) is 1. The first-order chi connectivity index (χ1) is 14.0. The van der Waals surface area contributed by atoms with Crippen LogP contribution in [0.15, 0.2) is 0 Å². The van der Waals surface area contributed by atoms with Crippen LogP contribution >= 0.6 is 0 Å². The predicted molar refractivity (Wildman–Crippen MR) is 93.7 cm³/mol. The lowest BCUT2D eigenvalue weighted by atomic mass is 9.59. The molecule has 1 amide bonds. The van der Waals surface area contributed by atoms with Crippen molar-refractivity contribution in [3.63, 3.8) is 0 Å². The number of nitrogens with one attached hydrogen (secondary N) is 1. The van der Waals surface area contributed by atoms with E-state index in [-0.39, 0.29) is 13.0 Å². The number of epoxide rings is 1. The van der Waals surface area contributed by atoms with Crippen LogP contribution in [0.5, 0.6) is 0 Å². The molecule has 0 aromatic carbocycles. The number of ketones is 1. The molecule has 0 aromatic rings. The van der Waals surface area contributed by atoms with E-state index < -0.39 is 77.2 Å². The van der Waals surface area contributed by atoms with Gasteiger partial charge in [0.25, 0.3) is 0 Å². The van der Waals surface area contributed by atoms with Crippen molar-refractivity contribution in [2.24, 2.45) is 5.92 Å². The van der Waals surface area contributed by atoms with Crippen molar-refractivity contribution < 1.29 is 47.7 Å². The van der Waals surface area contributed by atoms with Crippen LogP contribution in [0.1, 0.15) is 34.1 Å². The molecule has 2 saturated heterocycles. The Bertz CT molecular complexity index is 841. The predicted octanol–water partition coefficient (Wildman–Crippen LogP) is -1.20. The van der Waals surface area contributed by atoms with Crippen molar-refractivity contribution in [1.29, 1.82) is 0 Å². The van der Waals surface area contributed by atoms with Gasteiger partial charge in [0, 0.05) is 33.6 Å². The molecule has 0 unspecified atom stereocenters. The lowest BCUT2D eigenvalue weighted by Gasteiger charge is -2.52. The summed E-state index contributed by atoms with van der Waals surface area (Å²) in [6, 6.07) is 0. The number of hydrogen-bond acceptors (Lipinski definition) is 10. The standard InChI is InChI=1S/C19H23NO10/c1-7(21)20-19-11-5-12(13(25)15(19)27-9(3)23)29-14(11)18(6-26-8(2)22)16(30-18)17(19)28-10(4)24/h11-12,14-17H,5-6H2,1-4H3,(H,20,21)/t11-,12-,14+,15+,16+,17+,18-,19-/m0/s1. The van der Waals surface area contributed by atoms with Gasteiger partial charge < -0.3 is 29.0 Å². The van der Waals surface area contributed by atoms with Gasteiger partial charge in [-0.2, -0.15) is 0 Å². The lowest BCUT2D eigenvalue weighted by molar-refractivity contribution is -0.184. The second-order valence-electron chi connectivity index (χ2n) is 8.20. The highest BCUT2D eigenvalue weighted by Crippen LogP contribution is 2.62. The first-order valence-corrected chi connectivity index (χ1v) is 9.66. The van der Waals surface area contributed by atoms with E-state index in [4.69, 9.17) is 23.7 Å². The van der Waals surface area contributed by atoms with E-state index in [9.17, 15) is 24.0 Å². The molecule has 2 aliphatic heterocycles. The molecule has 2 bridgehead atoms. The van der Waals surface area contributed by atoms with E-state index in [1.807, 2.05) is 0 Å². The van der Waals surface area contributed by atoms with Gasteiger partial charge in [0.1, 0.15) is 24.4 Å². The van der Waals surface area contributed by atoms with Crippen LogP contribution < -0.4 is 5.32 Å². The van der Waals surface area contributed by atoms with Gasteiger partial charge in [-0.3, -0.25) is 24.0 Å². The molecule has 0 aromatic heterocycles. The van der Waals surface area contributed by atoms with E-state index >= 15 is 0 Å².